The summed E-state index contributed by atoms with van der Waals surface area (Å²) in [5.74, 6) is -2.59. The SMILES string of the molecule is CCNC(=O)N[C@@H](C(N)=O)C(=O)Nc1ccc(N2CCOCC2=O)c(C(F)F)c1. The molecular weight excluding hydrogens is 392 g/mol. The predicted octanol–water partition coefficient (Wildman–Crippen LogP) is 0.0989. The fraction of sp³-hybridized carbons (Fsp3) is 0.412. The van der Waals surface area contributed by atoms with Gasteiger partial charge in [0.25, 0.3) is 18.2 Å². The first-order valence-corrected chi connectivity index (χ1v) is 8.69. The van der Waals surface area contributed by atoms with E-state index in [1.54, 1.807) is 6.92 Å². The van der Waals surface area contributed by atoms with E-state index in [0.717, 1.165) is 6.07 Å². The summed E-state index contributed by atoms with van der Waals surface area (Å²) in [6.45, 7) is 1.99. The molecule has 0 saturated carbocycles. The minimum atomic E-state index is -2.93. The third-order valence-corrected chi connectivity index (χ3v) is 3.97. The van der Waals surface area contributed by atoms with Crippen molar-refractivity contribution in [2.75, 3.05) is 36.5 Å². The van der Waals surface area contributed by atoms with Crippen LogP contribution in [0.2, 0.25) is 0 Å². The van der Waals surface area contributed by atoms with E-state index in [2.05, 4.69) is 16.0 Å². The molecule has 0 bridgehead atoms. The van der Waals surface area contributed by atoms with Crippen LogP contribution in [0.15, 0.2) is 18.2 Å². The molecule has 1 aliphatic rings. The number of nitrogens with zero attached hydrogens (tertiary/aromatic N) is 1. The molecule has 1 aromatic rings. The Kier molecular flexibility index (Phi) is 7.42. The second-order valence-electron chi connectivity index (χ2n) is 6.00. The van der Waals surface area contributed by atoms with Gasteiger partial charge in [-0.2, -0.15) is 0 Å². The number of hydrogen-bond acceptors (Lipinski definition) is 5. The minimum Gasteiger partial charge on any atom is -0.370 e. The summed E-state index contributed by atoms with van der Waals surface area (Å²) < 4.78 is 32.1. The standard InChI is InChI=1S/C17H21F2N5O5/c1-2-21-17(28)23-13(15(20)26)16(27)22-9-3-4-11(10(7-9)14(18)19)24-5-6-29-8-12(24)25/h3-4,7,13-14H,2,5-6,8H2,1H3,(H2,20,26)(H,22,27)(H2,21,23,28)/t13-/m0/s1. The summed E-state index contributed by atoms with van der Waals surface area (Å²) in [6.07, 6.45) is -2.93. The molecule has 1 atom stereocenters. The zero-order chi connectivity index (χ0) is 21.6. The molecule has 0 unspecified atom stereocenters. The number of nitrogens with two attached hydrogens (primary N) is 1. The first-order chi connectivity index (χ1) is 13.7. The van der Waals surface area contributed by atoms with Crippen LogP contribution in [0.1, 0.15) is 18.9 Å². The van der Waals surface area contributed by atoms with Crippen molar-refractivity contribution in [3.8, 4) is 0 Å². The van der Waals surface area contributed by atoms with Crippen LogP contribution in [0.5, 0.6) is 0 Å². The van der Waals surface area contributed by atoms with Gasteiger partial charge in [0.05, 0.1) is 12.3 Å². The van der Waals surface area contributed by atoms with E-state index in [-0.39, 0.29) is 37.7 Å². The summed E-state index contributed by atoms with van der Waals surface area (Å²) in [6, 6.07) is 1.05. The van der Waals surface area contributed by atoms with Gasteiger partial charge >= 0.3 is 6.03 Å². The normalized spacial score (nSPS) is 15.0. The first-order valence-electron chi connectivity index (χ1n) is 8.69. The predicted molar refractivity (Wildman–Crippen MR) is 98.4 cm³/mol. The number of ether oxygens (including phenoxy) is 1. The van der Waals surface area contributed by atoms with Gasteiger partial charge in [-0.1, -0.05) is 0 Å². The number of amides is 5. The van der Waals surface area contributed by atoms with Gasteiger partial charge < -0.3 is 31.3 Å². The molecule has 5 N–H and O–H groups in total. The summed E-state index contributed by atoms with van der Waals surface area (Å²) in [5.41, 5.74) is 4.59. The molecule has 12 heteroatoms. The molecule has 1 aliphatic heterocycles. The summed E-state index contributed by atoms with van der Waals surface area (Å²) in [7, 11) is 0. The molecular formula is C17H21F2N5O5. The lowest BCUT2D eigenvalue weighted by Crippen LogP contribution is -2.54. The lowest BCUT2D eigenvalue weighted by molar-refractivity contribution is -0.128. The van der Waals surface area contributed by atoms with Gasteiger partial charge in [0.1, 0.15) is 6.61 Å². The van der Waals surface area contributed by atoms with Crippen LogP contribution in [0.25, 0.3) is 0 Å². The average molecular weight is 413 g/mol. The van der Waals surface area contributed by atoms with E-state index in [1.165, 1.54) is 17.0 Å². The topological polar surface area (TPSA) is 143 Å². The van der Waals surface area contributed by atoms with Crippen LogP contribution in [0.3, 0.4) is 0 Å². The Labute approximate surface area is 164 Å². The maximum Gasteiger partial charge on any atom is 0.315 e. The Balaban J connectivity index is 2.22. The number of morpholine rings is 1. The lowest BCUT2D eigenvalue weighted by atomic mass is 10.1. The summed E-state index contributed by atoms with van der Waals surface area (Å²) in [4.78, 5) is 48.4. The highest BCUT2D eigenvalue weighted by Gasteiger charge is 2.28. The van der Waals surface area contributed by atoms with Crippen LogP contribution in [0.4, 0.5) is 25.0 Å². The average Bonchev–Trinajstić information content (AvgIpc) is 2.66. The smallest absolute Gasteiger partial charge is 0.315 e. The Morgan fingerprint density at radius 3 is 2.62 bits per heavy atom. The molecule has 0 spiro atoms. The molecule has 0 radical (unpaired) electrons. The van der Waals surface area contributed by atoms with Crippen LogP contribution < -0.4 is 26.6 Å². The number of halogens is 2. The number of primary amides is 1. The van der Waals surface area contributed by atoms with Gasteiger partial charge in [0.15, 0.2) is 6.04 Å². The largest absolute Gasteiger partial charge is 0.370 e. The van der Waals surface area contributed by atoms with Crippen LogP contribution >= 0.6 is 0 Å². The highest BCUT2D eigenvalue weighted by molar-refractivity contribution is 6.11. The Morgan fingerprint density at radius 1 is 1.31 bits per heavy atom. The molecule has 0 aliphatic carbocycles. The first kappa shape index (κ1) is 22.0. The number of rotatable bonds is 7. The number of benzene rings is 1. The van der Waals surface area contributed by atoms with E-state index in [1.807, 2.05) is 0 Å². The van der Waals surface area contributed by atoms with E-state index < -0.39 is 41.8 Å². The minimum absolute atomic E-state index is 0.00167. The number of alkyl halides is 2. The number of nitrogens with one attached hydrogen (secondary N) is 3. The van der Waals surface area contributed by atoms with Gasteiger partial charge in [-0.3, -0.25) is 14.4 Å². The van der Waals surface area contributed by atoms with Gasteiger partial charge in [-0.15, -0.1) is 0 Å². The monoisotopic (exact) mass is 413 g/mol. The van der Waals surface area contributed by atoms with Crippen molar-refractivity contribution in [2.45, 2.75) is 19.4 Å². The Morgan fingerprint density at radius 2 is 2.03 bits per heavy atom. The second-order valence-corrected chi connectivity index (χ2v) is 6.00. The van der Waals surface area contributed by atoms with Gasteiger partial charge in [-0.05, 0) is 25.1 Å². The van der Waals surface area contributed by atoms with E-state index >= 15 is 0 Å². The maximum absolute atomic E-state index is 13.5. The van der Waals surface area contributed by atoms with Gasteiger partial charge in [0, 0.05) is 24.3 Å². The summed E-state index contributed by atoms with van der Waals surface area (Å²) in [5, 5.41) is 6.69. The Hall–Kier alpha value is -3.28. The number of anilines is 2. The molecule has 10 nitrogen and oxygen atoms in total. The van der Waals surface area contributed by atoms with E-state index in [4.69, 9.17) is 10.5 Å². The van der Waals surface area contributed by atoms with Crippen molar-refractivity contribution in [3.63, 3.8) is 0 Å². The fourth-order valence-electron chi connectivity index (χ4n) is 2.65. The number of hydrogen-bond donors (Lipinski definition) is 4. The van der Waals surface area contributed by atoms with Crippen molar-refractivity contribution in [2.24, 2.45) is 5.73 Å². The van der Waals surface area contributed by atoms with Crippen molar-refractivity contribution in [3.05, 3.63) is 23.8 Å². The molecule has 29 heavy (non-hydrogen) atoms. The van der Waals surface area contributed by atoms with Crippen LogP contribution in [-0.4, -0.2) is 56.1 Å². The highest BCUT2D eigenvalue weighted by atomic mass is 19.3. The van der Waals surface area contributed by atoms with Crippen molar-refractivity contribution in [1.82, 2.24) is 10.6 Å². The zero-order valence-electron chi connectivity index (χ0n) is 15.5. The number of urea groups is 1. The molecule has 1 heterocycles. The fourth-order valence-corrected chi connectivity index (χ4v) is 2.65. The van der Waals surface area contributed by atoms with Crippen molar-refractivity contribution < 1.29 is 32.7 Å². The van der Waals surface area contributed by atoms with Gasteiger partial charge in [0.2, 0.25) is 5.91 Å². The quantitative estimate of drug-likeness (QED) is 0.469. The van der Waals surface area contributed by atoms with Crippen molar-refractivity contribution >= 4 is 35.1 Å². The van der Waals surface area contributed by atoms with Crippen LogP contribution in [0, 0.1) is 0 Å². The number of carbonyl (C=O) groups is 4. The molecule has 0 aromatic heterocycles. The molecule has 1 fully saturated rings. The zero-order valence-corrected chi connectivity index (χ0v) is 15.5. The third-order valence-electron chi connectivity index (χ3n) is 3.97. The van der Waals surface area contributed by atoms with Crippen LogP contribution in [-0.2, 0) is 19.1 Å². The molecule has 5 amide bonds. The number of carbonyl (C=O) groups excluding carboxylic acids is 4. The van der Waals surface area contributed by atoms with Gasteiger partial charge in [-0.25, -0.2) is 13.6 Å². The molecule has 1 saturated heterocycles. The van der Waals surface area contributed by atoms with Crippen molar-refractivity contribution in [1.29, 1.82) is 0 Å². The lowest BCUT2D eigenvalue weighted by Gasteiger charge is -2.29. The maximum atomic E-state index is 13.5. The second kappa shape index (κ2) is 9.78. The Bertz CT molecular complexity index is 804. The van der Waals surface area contributed by atoms with E-state index in [0.29, 0.717) is 0 Å². The molecule has 158 valence electrons. The van der Waals surface area contributed by atoms with E-state index in [9.17, 15) is 28.0 Å². The molecule has 1 aromatic carbocycles. The highest BCUT2D eigenvalue weighted by Crippen LogP contribution is 2.33. The summed E-state index contributed by atoms with van der Waals surface area (Å²) >= 11 is 0. The third kappa shape index (κ3) is 5.60. The molecule has 2 rings (SSSR count).